The van der Waals surface area contributed by atoms with Crippen molar-refractivity contribution in [2.45, 2.75) is 17.4 Å². The van der Waals surface area contributed by atoms with E-state index in [0.29, 0.717) is 29.8 Å². The molecule has 1 aliphatic heterocycles. The Morgan fingerprint density at radius 2 is 1.87 bits per heavy atom. The summed E-state index contributed by atoms with van der Waals surface area (Å²) in [6, 6.07) is 9.76. The van der Waals surface area contributed by atoms with Crippen LogP contribution in [0.4, 0.5) is 10.2 Å². The fourth-order valence-electron chi connectivity index (χ4n) is 3.26. The monoisotopic (exact) mass is 461 g/mol. The molecule has 4 rings (SSSR count). The van der Waals surface area contributed by atoms with Crippen LogP contribution in [0.15, 0.2) is 59.8 Å². The number of halogens is 1. The molecular formula is C20H20FN5O3S2. The molecule has 0 spiro atoms. The first-order chi connectivity index (χ1) is 14.3. The van der Waals surface area contributed by atoms with Gasteiger partial charge in [0, 0.05) is 17.7 Å². The van der Waals surface area contributed by atoms with E-state index in [1.54, 1.807) is 24.3 Å². The predicted octanol–water partition coefficient (Wildman–Crippen LogP) is 1.81. The van der Waals surface area contributed by atoms with E-state index in [4.69, 9.17) is 5.73 Å². The average molecular weight is 462 g/mol. The minimum atomic E-state index is -4.00. The number of nitrogens with zero attached hydrogens (tertiary/aromatic N) is 2. The number of rotatable bonds is 5. The number of aromatic nitrogens is 2. The second-order valence-electron chi connectivity index (χ2n) is 6.77. The third-order valence-corrected chi connectivity index (χ3v) is 6.28. The first-order valence-corrected chi connectivity index (χ1v) is 10.6. The Balaban J connectivity index is 0.00000272. The van der Waals surface area contributed by atoms with Gasteiger partial charge in [-0.2, -0.15) is 18.2 Å². The van der Waals surface area contributed by atoms with Crippen molar-refractivity contribution in [3.63, 3.8) is 0 Å². The molecule has 1 fully saturated rings. The second-order valence-corrected chi connectivity index (χ2v) is 8.45. The van der Waals surface area contributed by atoms with Crippen LogP contribution in [0.25, 0.3) is 22.4 Å². The van der Waals surface area contributed by atoms with Gasteiger partial charge >= 0.3 is 0 Å². The lowest BCUT2D eigenvalue weighted by atomic mass is 10.0. The summed E-state index contributed by atoms with van der Waals surface area (Å²) in [5.74, 6) is -0.726. The van der Waals surface area contributed by atoms with E-state index in [1.165, 1.54) is 30.6 Å². The van der Waals surface area contributed by atoms with Gasteiger partial charge in [0.1, 0.15) is 17.7 Å². The highest BCUT2D eigenvalue weighted by Crippen LogP contribution is 2.31. The molecule has 11 heteroatoms. The lowest BCUT2D eigenvalue weighted by Crippen LogP contribution is -2.40. The van der Waals surface area contributed by atoms with E-state index < -0.39 is 21.9 Å². The SMILES string of the molecule is Nc1cnc(-c2ccc(-c3ccccc3S(=O)(=O)N[C@@H]3CCNC3=O)cc2F)cn1.S. The highest BCUT2D eigenvalue weighted by atomic mass is 32.2. The van der Waals surface area contributed by atoms with E-state index in [1.807, 2.05) is 0 Å². The number of anilines is 1. The van der Waals surface area contributed by atoms with Crippen molar-refractivity contribution >= 4 is 35.2 Å². The largest absolute Gasteiger partial charge is 0.382 e. The van der Waals surface area contributed by atoms with Gasteiger partial charge in [-0.15, -0.1) is 0 Å². The highest BCUT2D eigenvalue weighted by molar-refractivity contribution is 7.89. The Kier molecular flexibility index (Phi) is 6.58. The van der Waals surface area contributed by atoms with Crippen LogP contribution in [0.1, 0.15) is 6.42 Å². The quantitative estimate of drug-likeness (QED) is 0.532. The van der Waals surface area contributed by atoms with Crippen LogP contribution in [-0.4, -0.2) is 36.9 Å². The zero-order valence-electron chi connectivity index (χ0n) is 16.2. The Morgan fingerprint density at radius 1 is 1.10 bits per heavy atom. The number of carbonyl (C=O) groups excluding carboxylic acids is 1. The van der Waals surface area contributed by atoms with Crippen LogP contribution in [0, 0.1) is 5.82 Å². The Bertz CT molecular complexity index is 1220. The molecule has 1 amide bonds. The van der Waals surface area contributed by atoms with Crippen molar-refractivity contribution < 1.29 is 17.6 Å². The maximum Gasteiger partial charge on any atom is 0.241 e. The summed E-state index contributed by atoms with van der Waals surface area (Å²) in [6.07, 6.45) is 3.06. The van der Waals surface area contributed by atoms with E-state index in [2.05, 4.69) is 20.0 Å². The van der Waals surface area contributed by atoms with Gasteiger partial charge in [0.15, 0.2) is 0 Å². The van der Waals surface area contributed by atoms with Crippen LogP contribution >= 0.6 is 13.5 Å². The molecule has 1 aromatic heterocycles. The zero-order valence-corrected chi connectivity index (χ0v) is 18.0. The van der Waals surface area contributed by atoms with Gasteiger partial charge in [-0.05, 0) is 30.2 Å². The first-order valence-electron chi connectivity index (χ1n) is 9.12. The molecule has 1 atom stereocenters. The molecule has 2 heterocycles. The Morgan fingerprint density at radius 3 is 2.52 bits per heavy atom. The summed E-state index contributed by atoms with van der Waals surface area (Å²) < 4.78 is 43.1. The molecule has 4 N–H and O–H groups in total. The Labute approximate surface area is 185 Å². The summed E-state index contributed by atoms with van der Waals surface area (Å²) in [4.78, 5) is 19.7. The van der Waals surface area contributed by atoms with Crippen LogP contribution in [0.3, 0.4) is 0 Å². The van der Waals surface area contributed by atoms with Crippen LogP contribution in [0.2, 0.25) is 0 Å². The van der Waals surface area contributed by atoms with Crippen molar-refractivity contribution in [2.75, 3.05) is 12.3 Å². The zero-order chi connectivity index (χ0) is 21.3. The molecule has 0 radical (unpaired) electrons. The van der Waals surface area contributed by atoms with Crippen molar-refractivity contribution in [3.8, 4) is 22.4 Å². The summed E-state index contributed by atoms with van der Waals surface area (Å²) in [7, 11) is -4.00. The molecule has 31 heavy (non-hydrogen) atoms. The molecule has 8 nitrogen and oxygen atoms in total. The standard InChI is InChI=1S/C20H18FN5O3S.H2S/c21-15-9-12(5-6-14(15)17-10-25-19(22)11-24-17)13-3-1-2-4-18(13)30(28,29)26-16-7-8-23-20(16)27;/h1-6,9-11,16,26H,7-8H2,(H2,22,25)(H,23,27);1H2/t16-;/m1./s1. The number of hydrogen-bond acceptors (Lipinski definition) is 6. The molecule has 2 aromatic carbocycles. The van der Waals surface area contributed by atoms with Crippen LogP contribution in [0.5, 0.6) is 0 Å². The van der Waals surface area contributed by atoms with Crippen molar-refractivity contribution in [2.24, 2.45) is 0 Å². The van der Waals surface area contributed by atoms with Crippen molar-refractivity contribution in [1.29, 1.82) is 0 Å². The smallest absolute Gasteiger partial charge is 0.241 e. The second kappa shape index (κ2) is 9.00. The normalized spacial score (nSPS) is 15.9. The number of nitrogen functional groups attached to an aromatic ring is 1. The molecule has 1 saturated heterocycles. The summed E-state index contributed by atoms with van der Waals surface area (Å²) >= 11 is 0. The van der Waals surface area contributed by atoms with E-state index in [-0.39, 0.29) is 35.7 Å². The molecule has 0 unspecified atom stereocenters. The van der Waals surface area contributed by atoms with Crippen molar-refractivity contribution in [1.82, 2.24) is 20.0 Å². The van der Waals surface area contributed by atoms with E-state index >= 15 is 0 Å². The van der Waals surface area contributed by atoms with Gasteiger partial charge < -0.3 is 11.1 Å². The van der Waals surface area contributed by atoms with Gasteiger partial charge in [0.2, 0.25) is 15.9 Å². The maximum atomic E-state index is 14.8. The fourth-order valence-corrected chi connectivity index (χ4v) is 4.72. The fraction of sp³-hybridized carbons (Fsp3) is 0.150. The van der Waals surface area contributed by atoms with Gasteiger partial charge in [-0.25, -0.2) is 17.8 Å². The molecule has 1 aliphatic rings. The van der Waals surface area contributed by atoms with Crippen LogP contribution < -0.4 is 15.8 Å². The summed E-state index contributed by atoms with van der Waals surface area (Å²) in [6.45, 7) is 0.411. The molecule has 0 bridgehead atoms. The molecule has 3 aromatic rings. The van der Waals surface area contributed by atoms with Gasteiger partial charge in [0.25, 0.3) is 0 Å². The van der Waals surface area contributed by atoms with Crippen LogP contribution in [-0.2, 0) is 14.8 Å². The van der Waals surface area contributed by atoms with Gasteiger partial charge in [-0.1, -0.05) is 24.3 Å². The lowest BCUT2D eigenvalue weighted by molar-refractivity contribution is -0.120. The third kappa shape index (κ3) is 4.68. The summed E-state index contributed by atoms with van der Waals surface area (Å²) in [5.41, 5.74) is 6.72. The number of carbonyl (C=O) groups is 1. The Hall–Kier alpha value is -3.02. The number of sulfonamides is 1. The number of nitrogens with two attached hydrogens (primary N) is 1. The molecule has 0 saturated carbocycles. The topological polar surface area (TPSA) is 127 Å². The number of benzene rings is 2. The molecular weight excluding hydrogens is 441 g/mol. The molecule has 162 valence electrons. The number of hydrogen-bond donors (Lipinski definition) is 3. The average Bonchev–Trinajstić information content (AvgIpc) is 3.12. The third-order valence-electron chi connectivity index (χ3n) is 4.75. The van der Waals surface area contributed by atoms with Gasteiger partial charge in [-0.3, -0.25) is 9.78 Å². The minimum Gasteiger partial charge on any atom is -0.382 e. The van der Waals surface area contributed by atoms with Gasteiger partial charge in [0.05, 0.1) is 23.0 Å². The molecule has 0 aliphatic carbocycles. The van der Waals surface area contributed by atoms with E-state index in [9.17, 15) is 17.6 Å². The maximum absolute atomic E-state index is 14.8. The number of nitrogens with one attached hydrogen (secondary N) is 2. The van der Waals surface area contributed by atoms with E-state index in [0.717, 1.165) is 0 Å². The summed E-state index contributed by atoms with van der Waals surface area (Å²) in [5, 5.41) is 2.59. The van der Waals surface area contributed by atoms with Crippen molar-refractivity contribution in [3.05, 3.63) is 60.7 Å². The highest BCUT2D eigenvalue weighted by Gasteiger charge is 2.30. The predicted molar refractivity (Wildman–Crippen MR) is 119 cm³/mol. The number of amides is 1. The minimum absolute atomic E-state index is 0. The first kappa shape index (κ1) is 22.7. The lowest BCUT2D eigenvalue weighted by Gasteiger charge is -2.15.